The van der Waals surface area contributed by atoms with Gasteiger partial charge in [-0.05, 0) is 49.4 Å². The number of benzene rings is 2. The Labute approximate surface area is 218 Å². The number of likely N-dealkylation sites (tertiary alicyclic amines) is 1. The molecule has 1 aliphatic heterocycles. The van der Waals surface area contributed by atoms with Crippen molar-refractivity contribution in [2.75, 3.05) is 6.54 Å². The molecule has 1 fully saturated rings. The van der Waals surface area contributed by atoms with Crippen LogP contribution in [0, 0.1) is 6.92 Å². The van der Waals surface area contributed by atoms with E-state index < -0.39 is 62.4 Å². The number of rotatable bonds is 5. The van der Waals surface area contributed by atoms with Gasteiger partial charge in [0.2, 0.25) is 11.8 Å². The lowest BCUT2D eigenvalue weighted by Crippen LogP contribution is -2.53. The molecule has 0 unspecified atom stereocenters. The molecule has 2 atom stereocenters. The molecule has 2 amide bonds. The summed E-state index contributed by atoms with van der Waals surface area (Å²) < 4.78 is 122. The van der Waals surface area contributed by atoms with Crippen molar-refractivity contribution in [1.82, 2.24) is 4.90 Å². The number of sulfone groups is 1. The normalized spacial score (nSPS) is 21.8. The number of carbonyl (C=O) groups is 2. The molecule has 1 heterocycles. The number of carbonyl (C=O) groups excluding carboxylic acids is 2. The molecule has 2 N–H and O–H groups in total. The van der Waals surface area contributed by atoms with Gasteiger partial charge in [-0.25, -0.2) is 12.8 Å². The van der Waals surface area contributed by atoms with Crippen LogP contribution < -0.4 is 5.73 Å². The second-order valence-corrected chi connectivity index (χ2v) is 12.0. The lowest BCUT2D eigenvalue weighted by Gasteiger charge is -2.43. The fraction of sp³-hybridized carbons (Fsp3) is 0.440. The summed E-state index contributed by atoms with van der Waals surface area (Å²) in [6.07, 6.45) is -14.1. The number of nitrogens with zero attached hydrogens (tertiary/aromatic N) is 1. The molecule has 0 saturated carbocycles. The molecule has 4 rings (SSSR count). The fourth-order valence-electron chi connectivity index (χ4n) is 5.71. The first kappa shape index (κ1) is 28.8. The molecule has 0 radical (unpaired) electrons. The quantitative estimate of drug-likeness (QED) is 0.420. The minimum atomic E-state index is -6.34. The minimum Gasteiger partial charge on any atom is -0.369 e. The van der Waals surface area contributed by atoms with Crippen LogP contribution in [0.15, 0.2) is 47.4 Å². The highest BCUT2D eigenvalue weighted by molar-refractivity contribution is 7.92. The second kappa shape index (κ2) is 9.20. The van der Waals surface area contributed by atoms with Gasteiger partial charge in [-0.2, -0.15) is 26.3 Å². The van der Waals surface area contributed by atoms with E-state index >= 15 is 0 Å². The lowest BCUT2D eigenvalue weighted by molar-refractivity contribution is -0.348. The number of nitrogens with two attached hydrogens (primary N) is 1. The highest BCUT2D eigenvalue weighted by atomic mass is 32.2. The SMILES string of the molecule is Cc1ccc(S(=O)(=O)[C@@]23CCN(C(=O)CC(N)=O)[C@@H]2CCc2cc(C(F)(C(F)(F)F)C(F)(F)F)ccc23)cc1. The van der Waals surface area contributed by atoms with E-state index in [1.54, 1.807) is 6.92 Å². The van der Waals surface area contributed by atoms with E-state index in [2.05, 4.69) is 0 Å². The van der Waals surface area contributed by atoms with Gasteiger partial charge in [0, 0.05) is 12.1 Å². The van der Waals surface area contributed by atoms with Crippen molar-refractivity contribution in [1.29, 1.82) is 0 Å². The van der Waals surface area contributed by atoms with Gasteiger partial charge in [0.15, 0.2) is 9.84 Å². The van der Waals surface area contributed by atoms with E-state index in [1.807, 2.05) is 0 Å². The molecular formula is C25H23F7N2O4S. The highest BCUT2D eigenvalue weighted by Crippen LogP contribution is 2.56. The van der Waals surface area contributed by atoms with Crippen molar-refractivity contribution >= 4 is 21.7 Å². The van der Waals surface area contributed by atoms with Gasteiger partial charge in [-0.3, -0.25) is 9.59 Å². The lowest BCUT2D eigenvalue weighted by atomic mass is 9.76. The first-order valence-electron chi connectivity index (χ1n) is 11.7. The first-order chi connectivity index (χ1) is 17.9. The van der Waals surface area contributed by atoms with Crippen LogP contribution in [0.5, 0.6) is 0 Å². The third-order valence-corrected chi connectivity index (χ3v) is 10.1. The molecule has 6 nitrogen and oxygen atoms in total. The summed E-state index contributed by atoms with van der Waals surface area (Å²) in [6.45, 7) is 1.54. The predicted octanol–water partition coefficient (Wildman–Crippen LogP) is 4.38. The van der Waals surface area contributed by atoms with Gasteiger partial charge < -0.3 is 10.6 Å². The zero-order chi connectivity index (χ0) is 29.2. The molecule has 212 valence electrons. The number of aryl methyl sites for hydroxylation is 2. The Bertz CT molecular complexity index is 1410. The van der Waals surface area contributed by atoms with Crippen LogP contribution in [0.3, 0.4) is 0 Å². The average Bonchev–Trinajstić information content (AvgIpc) is 3.23. The third kappa shape index (κ3) is 4.27. The van der Waals surface area contributed by atoms with Gasteiger partial charge in [-0.1, -0.05) is 35.9 Å². The van der Waals surface area contributed by atoms with Gasteiger partial charge >= 0.3 is 18.0 Å². The van der Waals surface area contributed by atoms with Crippen LogP contribution in [0.1, 0.15) is 41.5 Å². The van der Waals surface area contributed by atoms with Gasteiger partial charge in [0.05, 0.1) is 10.9 Å². The molecule has 0 spiro atoms. The van der Waals surface area contributed by atoms with Crippen LogP contribution in [-0.2, 0) is 36.3 Å². The van der Waals surface area contributed by atoms with Gasteiger partial charge in [-0.15, -0.1) is 0 Å². The molecule has 2 aromatic rings. The van der Waals surface area contributed by atoms with Crippen molar-refractivity contribution in [3.63, 3.8) is 0 Å². The smallest absolute Gasteiger partial charge is 0.369 e. The Balaban J connectivity index is 1.95. The summed E-state index contributed by atoms with van der Waals surface area (Å²) in [7, 11) is -4.44. The van der Waals surface area contributed by atoms with Crippen molar-refractivity contribution < 1.29 is 48.7 Å². The van der Waals surface area contributed by atoms with Crippen molar-refractivity contribution in [3.8, 4) is 0 Å². The number of hydrogen-bond acceptors (Lipinski definition) is 4. The molecule has 14 heteroatoms. The van der Waals surface area contributed by atoms with Crippen LogP contribution in [0.2, 0.25) is 0 Å². The first-order valence-corrected chi connectivity index (χ1v) is 13.2. The summed E-state index contributed by atoms with van der Waals surface area (Å²) in [5, 5.41) is 0. The van der Waals surface area contributed by atoms with Crippen molar-refractivity contribution in [2.24, 2.45) is 5.73 Å². The number of halogens is 7. The summed E-state index contributed by atoms with van der Waals surface area (Å²) in [5.74, 6) is -1.72. The fourth-order valence-corrected chi connectivity index (χ4v) is 8.07. The van der Waals surface area contributed by atoms with E-state index in [9.17, 15) is 48.7 Å². The largest absolute Gasteiger partial charge is 0.435 e. The maximum absolute atomic E-state index is 14.8. The number of amides is 2. The maximum atomic E-state index is 14.8. The topological polar surface area (TPSA) is 97.5 Å². The Morgan fingerprint density at radius 1 is 1.00 bits per heavy atom. The van der Waals surface area contributed by atoms with E-state index in [1.165, 1.54) is 24.3 Å². The number of alkyl halides is 7. The summed E-state index contributed by atoms with van der Waals surface area (Å²) in [4.78, 5) is 25.2. The van der Waals surface area contributed by atoms with Crippen LogP contribution in [0.4, 0.5) is 30.7 Å². The van der Waals surface area contributed by atoms with Crippen molar-refractivity contribution in [3.05, 3.63) is 64.7 Å². The molecule has 1 saturated heterocycles. The second-order valence-electron chi connectivity index (χ2n) is 9.77. The van der Waals surface area contributed by atoms with Gasteiger partial charge in [0.1, 0.15) is 11.2 Å². The zero-order valence-corrected chi connectivity index (χ0v) is 21.2. The van der Waals surface area contributed by atoms with Crippen LogP contribution in [-0.4, -0.2) is 50.1 Å². The standard InChI is InChI=1S/C25H23F7N2O4S/c1-14-2-6-17(7-3-14)39(37,38)22-10-11-34(21(36)13-20(33)35)19(22)9-4-15-12-16(5-8-18(15)22)23(26,24(27,28)29)25(30,31)32/h2-3,5-8,12,19H,4,9-11,13H2,1H3,(H2,33,35)/t19-,22-/m1/s1. The molecule has 1 aliphatic carbocycles. The van der Waals surface area contributed by atoms with E-state index in [0.717, 1.165) is 16.5 Å². The molecule has 2 aromatic carbocycles. The molecule has 2 aliphatic rings. The Morgan fingerprint density at radius 3 is 2.13 bits per heavy atom. The molecule has 0 aromatic heterocycles. The number of hydrogen-bond donors (Lipinski definition) is 1. The van der Waals surface area contributed by atoms with E-state index in [0.29, 0.717) is 12.1 Å². The maximum Gasteiger partial charge on any atom is 0.435 e. The van der Waals surface area contributed by atoms with E-state index in [4.69, 9.17) is 5.73 Å². The Morgan fingerprint density at radius 2 is 1.59 bits per heavy atom. The highest BCUT2D eigenvalue weighted by Gasteiger charge is 2.73. The predicted molar refractivity (Wildman–Crippen MR) is 124 cm³/mol. The molecule has 39 heavy (non-hydrogen) atoms. The number of fused-ring (bicyclic) bond motifs is 3. The summed E-state index contributed by atoms with van der Waals surface area (Å²) >= 11 is 0. The van der Waals surface area contributed by atoms with Crippen molar-refractivity contribution in [2.45, 2.75) is 66.3 Å². The molecule has 0 bridgehead atoms. The summed E-state index contributed by atoms with van der Waals surface area (Å²) in [6, 6.07) is 6.03. The van der Waals surface area contributed by atoms with Crippen LogP contribution in [0.25, 0.3) is 0 Å². The minimum absolute atomic E-state index is 0.121. The average molecular weight is 581 g/mol. The molecular weight excluding hydrogens is 557 g/mol. The van der Waals surface area contributed by atoms with Crippen LogP contribution >= 0.6 is 0 Å². The summed E-state index contributed by atoms with van der Waals surface area (Å²) in [5.41, 5.74) is -1.88. The third-order valence-electron chi connectivity index (χ3n) is 7.52. The Hall–Kier alpha value is -3.16. The van der Waals surface area contributed by atoms with Gasteiger partial charge in [0.25, 0.3) is 0 Å². The number of primary amides is 1. The zero-order valence-electron chi connectivity index (χ0n) is 20.4. The van der Waals surface area contributed by atoms with E-state index in [-0.39, 0.29) is 41.8 Å². The Kier molecular flexibility index (Phi) is 6.81. The monoisotopic (exact) mass is 580 g/mol.